The highest BCUT2D eigenvalue weighted by Gasteiger charge is 2.53. The van der Waals surface area contributed by atoms with Gasteiger partial charge in [0.05, 0.1) is 54.1 Å². The van der Waals surface area contributed by atoms with Crippen molar-refractivity contribution >= 4 is 47.8 Å². The summed E-state index contributed by atoms with van der Waals surface area (Å²) in [6.45, 7) is 18.3. The molecule has 2 aliphatic heterocycles. The zero-order valence-corrected chi connectivity index (χ0v) is 34.8. The standard InChI is InChI=1S/C43H60N2O6SSi/c1-28-17-16-22-43(9)36(51-43)24-34(45-37(47)25-35(46)42(7,8)40(49)30(3)39(28)48)29(2)23-31-27-52-38(44-31)26-50-53(41(4,5)6,32-18-12-10-13-19-32)33-20-14-11-15-21-33/h10-15,18-21,23,27-28,30,34-36,39,46,48H,16-17,22,24-26H2,1-9H3,(H,45,47)/t28-,30+,34-,35-,36+,39-,43+/m1/s1. The lowest BCUT2D eigenvalue weighted by Crippen LogP contribution is -2.66. The average Bonchev–Trinajstić information content (AvgIpc) is 3.52. The molecule has 2 aliphatic rings. The average molecular weight is 761 g/mol. The second-order valence-corrected chi connectivity index (χ2v) is 22.5. The number of fused-ring (bicyclic) bond motifs is 1. The van der Waals surface area contributed by atoms with Gasteiger partial charge in [0, 0.05) is 17.7 Å². The number of ether oxygens (including phenoxy) is 1. The van der Waals surface area contributed by atoms with E-state index in [-0.39, 0.29) is 46.8 Å². The minimum Gasteiger partial charge on any atom is -0.401 e. The van der Waals surface area contributed by atoms with Crippen molar-refractivity contribution in [1.82, 2.24) is 10.3 Å². The van der Waals surface area contributed by atoms with Gasteiger partial charge in [-0.15, -0.1) is 11.3 Å². The van der Waals surface area contributed by atoms with Crippen LogP contribution in [0.4, 0.5) is 0 Å². The Morgan fingerprint density at radius 2 is 1.64 bits per heavy atom. The van der Waals surface area contributed by atoms with Crippen molar-refractivity contribution in [2.75, 3.05) is 0 Å². The zero-order chi connectivity index (χ0) is 38.8. The number of hydrogen-bond donors (Lipinski definition) is 3. The smallest absolute Gasteiger partial charge is 0.261 e. The molecule has 2 saturated heterocycles. The number of epoxide rings is 1. The third-order valence-corrected chi connectivity index (χ3v) is 17.7. The molecule has 2 aromatic carbocycles. The summed E-state index contributed by atoms with van der Waals surface area (Å²) < 4.78 is 13.4. The van der Waals surface area contributed by atoms with Gasteiger partial charge in [0.2, 0.25) is 5.91 Å². The van der Waals surface area contributed by atoms with Crippen LogP contribution in [-0.4, -0.2) is 65.2 Å². The molecule has 53 heavy (non-hydrogen) atoms. The molecule has 8 nitrogen and oxygen atoms in total. The number of aromatic nitrogens is 1. The molecule has 0 aliphatic carbocycles. The molecule has 0 bridgehead atoms. The lowest BCUT2D eigenvalue weighted by Gasteiger charge is -2.42. The summed E-state index contributed by atoms with van der Waals surface area (Å²) in [5.41, 5.74) is 0.195. The molecule has 0 radical (unpaired) electrons. The summed E-state index contributed by atoms with van der Waals surface area (Å²) in [5.74, 6) is -1.34. The molecule has 5 rings (SSSR count). The molecule has 3 aromatic rings. The summed E-state index contributed by atoms with van der Waals surface area (Å²) in [5, 5.41) is 30.6. The van der Waals surface area contributed by atoms with E-state index in [1.165, 1.54) is 10.4 Å². The van der Waals surface area contributed by atoms with E-state index in [0.29, 0.717) is 13.0 Å². The first kappa shape index (κ1) is 41.2. The minimum absolute atomic E-state index is 0.0444. The number of ketones is 1. The first-order chi connectivity index (χ1) is 24.9. The Morgan fingerprint density at radius 3 is 2.23 bits per heavy atom. The molecule has 0 unspecified atom stereocenters. The fourth-order valence-electron chi connectivity index (χ4n) is 8.13. The maximum atomic E-state index is 13.5. The molecule has 1 aromatic heterocycles. The molecule has 7 atom stereocenters. The van der Waals surface area contributed by atoms with Crippen LogP contribution in [0.25, 0.3) is 6.08 Å². The van der Waals surface area contributed by atoms with Crippen LogP contribution in [0.2, 0.25) is 5.04 Å². The third-order valence-electron chi connectivity index (χ3n) is 11.8. The van der Waals surface area contributed by atoms with Gasteiger partial charge in [0.25, 0.3) is 8.32 Å². The number of carbonyl (C=O) groups is 2. The van der Waals surface area contributed by atoms with Crippen LogP contribution in [0.3, 0.4) is 0 Å². The van der Waals surface area contributed by atoms with Crippen LogP contribution < -0.4 is 15.7 Å². The molecule has 2 fully saturated rings. The maximum absolute atomic E-state index is 13.5. The van der Waals surface area contributed by atoms with Gasteiger partial charge in [-0.2, -0.15) is 0 Å². The Bertz CT molecular complexity index is 1700. The maximum Gasteiger partial charge on any atom is 0.261 e. The minimum atomic E-state index is -2.73. The fourth-order valence-corrected chi connectivity index (χ4v) is 13.4. The number of aliphatic hydroxyl groups is 2. The first-order valence-corrected chi connectivity index (χ1v) is 21.9. The number of rotatable bonds is 7. The van der Waals surface area contributed by atoms with Gasteiger partial charge in [0.15, 0.2) is 0 Å². The van der Waals surface area contributed by atoms with Crippen molar-refractivity contribution < 1.29 is 29.0 Å². The third kappa shape index (κ3) is 9.11. The van der Waals surface area contributed by atoms with Crippen molar-refractivity contribution in [1.29, 1.82) is 0 Å². The molecule has 288 valence electrons. The number of carbonyl (C=O) groups excluding carboxylic acids is 2. The van der Waals surface area contributed by atoms with Crippen LogP contribution in [0, 0.1) is 17.3 Å². The summed E-state index contributed by atoms with van der Waals surface area (Å²) in [4.78, 5) is 32.0. The number of aliphatic hydroxyl groups excluding tert-OH is 2. The van der Waals surface area contributed by atoms with E-state index < -0.39 is 31.9 Å². The molecule has 1 amide bonds. The molecule has 0 spiro atoms. The summed E-state index contributed by atoms with van der Waals surface area (Å²) >= 11 is 1.56. The number of amides is 1. The predicted octanol–water partition coefficient (Wildman–Crippen LogP) is 6.82. The van der Waals surface area contributed by atoms with Gasteiger partial charge < -0.3 is 24.7 Å². The normalized spacial score (nSPS) is 29.3. The van der Waals surface area contributed by atoms with E-state index in [1.807, 2.05) is 37.4 Å². The molecule has 3 N–H and O–H groups in total. The number of benzene rings is 2. The van der Waals surface area contributed by atoms with Gasteiger partial charge in [-0.1, -0.05) is 116 Å². The van der Waals surface area contributed by atoms with Crippen LogP contribution in [0.5, 0.6) is 0 Å². The fraction of sp³-hybridized carbons (Fsp3) is 0.558. The number of nitrogens with zero attached hydrogens (tertiary/aromatic N) is 1. The lowest BCUT2D eigenvalue weighted by molar-refractivity contribution is -0.143. The van der Waals surface area contributed by atoms with Crippen LogP contribution >= 0.6 is 11.3 Å². The molecule has 10 heteroatoms. The number of nitrogens with one attached hydrogen (secondary N) is 1. The summed E-state index contributed by atoms with van der Waals surface area (Å²) in [6, 6.07) is 20.8. The Balaban J connectivity index is 1.37. The molecular weight excluding hydrogens is 701 g/mol. The zero-order valence-electron chi connectivity index (χ0n) is 33.0. The summed E-state index contributed by atoms with van der Waals surface area (Å²) in [6.07, 6.45) is 2.71. The highest BCUT2D eigenvalue weighted by molar-refractivity contribution is 7.09. The Morgan fingerprint density at radius 1 is 1.04 bits per heavy atom. The predicted molar refractivity (Wildman–Crippen MR) is 216 cm³/mol. The molecular formula is C43H60N2O6SSi. The highest BCUT2D eigenvalue weighted by atomic mass is 32.1. The van der Waals surface area contributed by atoms with E-state index in [4.69, 9.17) is 14.1 Å². The Kier molecular flexibility index (Phi) is 12.7. The second kappa shape index (κ2) is 16.4. The SMILES string of the molecule is CC(=Cc1csc(CO[Si](c2ccccc2)(c2ccccc2)C(C)(C)C)n1)[C@H]1C[C@@H]2O[C@@]2(C)CCC[C@@H](C)[C@@H](O)[C@H](C)C(=O)C(C)(C)[C@H](O)CC(=O)N1. The highest BCUT2D eigenvalue weighted by Crippen LogP contribution is 2.45. The van der Waals surface area contributed by atoms with Gasteiger partial charge in [-0.05, 0) is 59.7 Å². The topological polar surface area (TPSA) is 121 Å². The monoisotopic (exact) mass is 760 g/mol. The lowest BCUT2D eigenvalue weighted by atomic mass is 9.72. The van der Waals surface area contributed by atoms with Gasteiger partial charge in [0.1, 0.15) is 10.8 Å². The molecule has 0 saturated carbocycles. The second-order valence-electron chi connectivity index (χ2n) is 17.2. The van der Waals surface area contributed by atoms with Crippen LogP contribution in [0.15, 0.2) is 71.6 Å². The Hall–Kier alpha value is -2.99. The van der Waals surface area contributed by atoms with Crippen molar-refractivity contribution in [2.45, 2.75) is 136 Å². The molecule has 3 heterocycles. The largest absolute Gasteiger partial charge is 0.401 e. The van der Waals surface area contributed by atoms with Gasteiger partial charge >= 0.3 is 0 Å². The van der Waals surface area contributed by atoms with Gasteiger partial charge in [-0.25, -0.2) is 4.98 Å². The number of Topliss-reactive ketones (excluding diaryl/α,β-unsaturated/α-hetero) is 1. The quantitative estimate of drug-likeness (QED) is 0.179. The van der Waals surface area contributed by atoms with E-state index in [0.717, 1.165) is 35.5 Å². The van der Waals surface area contributed by atoms with Crippen molar-refractivity contribution in [3.8, 4) is 0 Å². The van der Waals surface area contributed by atoms with E-state index in [9.17, 15) is 19.8 Å². The van der Waals surface area contributed by atoms with Gasteiger partial charge in [-0.3, -0.25) is 9.59 Å². The van der Waals surface area contributed by atoms with Crippen molar-refractivity contribution in [3.05, 3.63) is 82.3 Å². The Labute approximate surface area is 321 Å². The van der Waals surface area contributed by atoms with Crippen molar-refractivity contribution in [3.63, 3.8) is 0 Å². The summed E-state index contributed by atoms with van der Waals surface area (Å²) in [7, 11) is -2.73. The van der Waals surface area contributed by atoms with Crippen LogP contribution in [-0.2, 0) is 25.4 Å². The van der Waals surface area contributed by atoms with Crippen LogP contribution in [0.1, 0.15) is 105 Å². The number of hydrogen-bond acceptors (Lipinski definition) is 8. The number of thiazole rings is 1. The first-order valence-electron chi connectivity index (χ1n) is 19.1. The van der Waals surface area contributed by atoms with E-state index in [1.54, 1.807) is 32.1 Å². The van der Waals surface area contributed by atoms with E-state index in [2.05, 4.69) is 81.5 Å². The van der Waals surface area contributed by atoms with Crippen molar-refractivity contribution in [2.24, 2.45) is 17.3 Å². The van der Waals surface area contributed by atoms with E-state index >= 15 is 0 Å².